The average Bonchev–Trinajstić information content (AvgIpc) is 3.31. The summed E-state index contributed by atoms with van der Waals surface area (Å²) >= 11 is 0. The maximum atomic E-state index is 14.4. The molecule has 2 aliphatic heterocycles. The summed E-state index contributed by atoms with van der Waals surface area (Å²) in [6.07, 6.45) is -0.910. The van der Waals surface area contributed by atoms with Crippen molar-refractivity contribution >= 4 is 28.9 Å². The normalized spacial score (nSPS) is 19.3. The molecule has 0 radical (unpaired) electrons. The molecule has 3 aromatic rings. The van der Waals surface area contributed by atoms with Crippen LogP contribution < -0.4 is 15.5 Å². The van der Waals surface area contributed by atoms with Crippen molar-refractivity contribution in [3.8, 4) is 0 Å². The topological polar surface area (TPSA) is 86.7 Å². The number of para-hydroxylation sites is 1. The van der Waals surface area contributed by atoms with Crippen molar-refractivity contribution in [2.75, 3.05) is 16.8 Å². The Morgan fingerprint density at radius 2 is 1.64 bits per heavy atom. The van der Waals surface area contributed by atoms with Crippen LogP contribution in [-0.2, 0) is 9.59 Å². The number of aromatic nitrogens is 1. The number of hydrogen-bond donors (Lipinski definition) is 2. The third kappa shape index (κ3) is 4.16. The van der Waals surface area contributed by atoms with E-state index in [1.165, 1.54) is 0 Å². The lowest BCUT2D eigenvalue weighted by Gasteiger charge is -2.27. The number of anilines is 2. The summed E-state index contributed by atoms with van der Waals surface area (Å²) in [6, 6.07) is 14.9. The quantitative estimate of drug-likeness (QED) is 0.427. The van der Waals surface area contributed by atoms with E-state index in [0.717, 1.165) is 4.90 Å². The maximum absolute atomic E-state index is 14.4. The highest BCUT2D eigenvalue weighted by molar-refractivity contribution is 6.19. The first kappa shape index (κ1) is 23.5. The molecule has 1 fully saturated rings. The average molecular weight is 497 g/mol. The molecule has 1 saturated heterocycles. The lowest BCUT2D eigenvalue weighted by atomic mass is 10.0. The van der Waals surface area contributed by atoms with Crippen LogP contribution in [0.1, 0.15) is 24.0 Å². The van der Waals surface area contributed by atoms with E-state index in [2.05, 4.69) is 20.6 Å². The molecule has 2 amide bonds. The van der Waals surface area contributed by atoms with Crippen LogP contribution in [0.3, 0.4) is 0 Å². The minimum atomic E-state index is -1.81. The first-order valence-corrected chi connectivity index (χ1v) is 11.2. The van der Waals surface area contributed by atoms with Gasteiger partial charge in [0.1, 0.15) is 11.7 Å². The lowest BCUT2D eigenvalue weighted by molar-refractivity contribution is -0.127. The molecule has 7 nitrogen and oxygen atoms in total. The van der Waals surface area contributed by atoms with Crippen LogP contribution in [-0.4, -0.2) is 41.3 Å². The number of amides is 2. The minimum absolute atomic E-state index is 0.0321. The Hall–Kier alpha value is -4.28. The Morgan fingerprint density at radius 3 is 2.36 bits per heavy atom. The number of rotatable bonds is 4. The van der Waals surface area contributed by atoms with Gasteiger partial charge in [0, 0.05) is 17.7 Å². The fourth-order valence-electron chi connectivity index (χ4n) is 4.45. The van der Waals surface area contributed by atoms with Crippen molar-refractivity contribution in [2.45, 2.75) is 25.0 Å². The summed E-state index contributed by atoms with van der Waals surface area (Å²) in [7, 11) is 0. The van der Waals surface area contributed by atoms with Crippen LogP contribution in [0.2, 0.25) is 0 Å². The molecule has 0 spiro atoms. The first-order chi connectivity index (χ1) is 17.3. The van der Waals surface area contributed by atoms with E-state index in [4.69, 9.17) is 0 Å². The van der Waals surface area contributed by atoms with E-state index in [9.17, 15) is 27.2 Å². The molecule has 0 saturated carbocycles. The lowest BCUT2D eigenvalue weighted by Crippen LogP contribution is -2.50. The van der Waals surface area contributed by atoms with E-state index in [1.54, 1.807) is 48.5 Å². The number of aliphatic imine (C=N–C) groups is 1. The molecule has 184 valence electrons. The van der Waals surface area contributed by atoms with Gasteiger partial charge in [0.15, 0.2) is 0 Å². The van der Waals surface area contributed by atoms with Gasteiger partial charge in [-0.25, -0.2) is 4.99 Å². The van der Waals surface area contributed by atoms with Crippen LogP contribution in [0.15, 0.2) is 59.6 Å². The van der Waals surface area contributed by atoms with Crippen molar-refractivity contribution in [2.24, 2.45) is 4.99 Å². The minimum Gasteiger partial charge on any atom is -0.354 e. The molecular formula is C25H19F4N5O2. The van der Waals surface area contributed by atoms with Gasteiger partial charge in [-0.15, -0.1) is 0 Å². The van der Waals surface area contributed by atoms with Crippen molar-refractivity contribution < 1.29 is 27.2 Å². The molecule has 0 unspecified atom stereocenters. The second-order valence-corrected chi connectivity index (χ2v) is 8.31. The van der Waals surface area contributed by atoms with Gasteiger partial charge >= 0.3 is 0 Å². The highest BCUT2D eigenvalue weighted by atomic mass is 19.2. The van der Waals surface area contributed by atoms with Gasteiger partial charge in [0.05, 0.1) is 11.4 Å². The molecule has 3 heterocycles. The van der Waals surface area contributed by atoms with Crippen molar-refractivity contribution in [1.82, 2.24) is 10.3 Å². The molecule has 2 atom stereocenters. The van der Waals surface area contributed by atoms with Gasteiger partial charge in [-0.1, -0.05) is 48.5 Å². The summed E-state index contributed by atoms with van der Waals surface area (Å²) in [5, 5.41) is 5.26. The van der Waals surface area contributed by atoms with Crippen LogP contribution >= 0.6 is 0 Å². The third-order valence-corrected chi connectivity index (χ3v) is 6.09. The number of nitrogens with one attached hydrogen (secondary N) is 2. The number of halogens is 4. The summed E-state index contributed by atoms with van der Waals surface area (Å²) in [6.45, 7) is -0.0321. The van der Waals surface area contributed by atoms with E-state index in [1.807, 2.05) is 6.07 Å². The number of nitrogens with zero attached hydrogens (tertiary/aromatic N) is 3. The third-order valence-electron chi connectivity index (χ3n) is 6.09. The van der Waals surface area contributed by atoms with Crippen LogP contribution in [0.4, 0.5) is 28.9 Å². The number of carbonyl (C=O) groups excluding carboxylic acids is 2. The van der Waals surface area contributed by atoms with Gasteiger partial charge in [-0.3, -0.25) is 9.59 Å². The van der Waals surface area contributed by atoms with Gasteiger partial charge in [-0.2, -0.15) is 22.5 Å². The van der Waals surface area contributed by atoms with E-state index in [-0.39, 0.29) is 13.0 Å². The van der Waals surface area contributed by atoms with Crippen molar-refractivity contribution in [1.29, 1.82) is 0 Å². The zero-order valence-electron chi connectivity index (χ0n) is 18.6. The molecule has 36 heavy (non-hydrogen) atoms. The molecule has 2 aliphatic rings. The van der Waals surface area contributed by atoms with Gasteiger partial charge in [0.2, 0.25) is 23.7 Å². The molecule has 11 heteroatoms. The van der Waals surface area contributed by atoms with Crippen LogP contribution in [0.5, 0.6) is 0 Å². The van der Waals surface area contributed by atoms with Crippen molar-refractivity contribution in [3.63, 3.8) is 0 Å². The largest absolute Gasteiger partial charge is 0.354 e. The second kappa shape index (κ2) is 9.40. The SMILES string of the molecule is O=C1Nc2ccccc2C(c2ccccc2)=N[C@@H]1NC(=O)[C@@H]1CCCN1c1c(F)c(F)nc(F)c1F. The predicted octanol–water partition coefficient (Wildman–Crippen LogP) is 3.54. The highest BCUT2D eigenvalue weighted by Gasteiger charge is 2.38. The summed E-state index contributed by atoms with van der Waals surface area (Å²) in [5.41, 5.74) is 1.28. The molecule has 1 aromatic heterocycles. The zero-order chi connectivity index (χ0) is 25.4. The van der Waals surface area contributed by atoms with Crippen LogP contribution in [0, 0.1) is 23.5 Å². The Morgan fingerprint density at radius 1 is 0.972 bits per heavy atom. The molecule has 5 rings (SSSR count). The first-order valence-electron chi connectivity index (χ1n) is 11.2. The second-order valence-electron chi connectivity index (χ2n) is 8.31. The maximum Gasteiger partial charge on any atom is 0.269 e. The molecule has 2 N–H and O–H groups in total. The number of benzene rings is 2. The van der Waals surface area contributed by atoms with E-state index in [0.29, 0.717) is 28.9 Å². The van der Waals surface area contributed by atoms with Gasteiger partial charge in [-0.05, 0) is 18.9 Å². The number of fused-ring (bicyclic) bond motifs is 1. The Bertz CT molecular complexity index is 1360. The van der Waals surface area contributed by atoms with Crippen molar-refractivity contribution in [3.05, 3.63) is 89.3 Å². The monoisotopic (exact) mass is 497 g/mol. The standard InChI is InChI=1S/C25H19F4N5O2/c26-17-20(18(27)22(29)32-21(17)28)34-12-6-11-16(34)24(35)33-23-25(36)30-15-10-5-4-9-14(15)19(31-23)13-7-2-1-3-8-13/h1-5,7-10,16,23H,6,11-12H2,(H,30,36)(H,33,35)/t16-,23+/m0/s1. The predicted molar refractivity (Wildman–Crippen MR) is 124 cm³/mol. The molecular weight excluding hydrogens is 478 g/mol. The molecule has 2 aromatic carbocycles. The van der Waals surface area contributed by atoms with E-state index < -0.39 is 53.2 Å². The number of carbonyl (C=O) groups is 2. The molecule has 0 aliphatic carbocycles. The van der Waals surface area contributed by atoms with Gasteiger partial charge < -0.3 is 15.5 Å². The van der Waals surface area contributed by atoms with Gasteiger partial charge in [0.25, 0.3) is 17.8 Å². The highest BCUT2D eigenvalue weighted by Crippen LogP contribution is 2.32. The Balaban J connectivity index is 1.48. The van der Waals surface area contributed by atoms with Crippen LogP contribution in [0.25, 0.3) is 0 Å². The number of pyridine rings is 1. The van der Waals surface area contributed by atoms with E-state index >= 15 is 0 Å². The zero-order valence-corrected chi connectivity index (χ0v) is 18.6. The summed E-state index contributed by atoms with van der Waals surface area (Å²) in [4.78, 5) is 34.2. The Labute approximate surface area is 202 Å². The number of benzodiazepines with no additional fused rings is 1. The summed E-state index contributed by atoms with van der Waals surface area (Å²) < 4.78 is 56.2. The fourth-order valence-corrected chi connectivity index (χ4v) is 4.45. The summed E-state index contributed by atoms with van der Waals surface area (Å²) in [5.74, 6) is -8.40. The fraction of sp³-hybridized carbons (Fsp3) is 0.200. The smallest absolute Gasteiger partial charge is 0.269 e. The Kier molecular flexibility index (Phi) is 6.13. The number of hydrogen-bond acceptors (Lipinski definition) is 5. The molecule has 0 bridgehead atoms.